The zero-order chi connectivity index (χ0) is 17.4. The first-order valence-electron chi connectivity index (χ1n) is 7.95. The first-order valence-corrected chi connectivity index (χ1v) is 7.95. The molecule has 1 atom stereocenters. The molecule has 10 nitrogen and oxygen atoms in total. The van der Waals surface area contributed by atoms with Gasteiger partial charge in [-0.15, -0.1) is 10.2 Å². The molecule has 25 heavy (non-hydrogen) atoms. The van der Waals surface area contributed by atoms with Gasteiger partial charge < -0.3 is 10.6 Å². The summed E-state index contributed by atoms with van der Waals surface area (Å²) < 4.78 is 1.99. The second-order valence-electron chi connectivity index (χ2n) is 5.97. The summed E-state index contributed by atoms with van der Waals surface area (Å²) in [7, 11) is 0. The van der Waals surface area contributed by atoms with Crippen molar-refractivity contribution in [2.75, 3.05) is 23.7 Å². The standard InChI is InChI=1S/C15H16N8O2/c16-13-11(23(24)25)8-17-15(18-13)21-6-3-4-10(9-21)14-20-19-12-5-1-2-7-22(12)14/h1-2,5,7-8,10H,3-4,6,9H2,(H2,16,17,18). The Hall–Kier alpha value is -3.30. The van der Waals surface area contributed by atoms with Gasteiger partial charge in [0.25, 0.3) is 0 Å². The number of hydrogen-bond donors (Lipinski definition) is 1. The van der Waals surface area contributed by atoms with Gasteiger partial charge in [-0.25, -0.2) is 4.98 Å². The first kappa shape index (κ1) is 15.2. The van der Waals surface area contributed by atoms with E-state index in [9.17, 15) is 10.1 Å². The van der Waals surface area contributed by atoms with Crippen molar-refractivity contribution in [2.24, 2.45) is 0 Å². The van der Waals surface area contributed by atoms with Crippen LogP contribution in [-0.2, 0) is 0 Å². The average Bonchev–Trinajstić information content (AvgIpc) is 3.05. The second kappa shape index (κ2) is 5.96. The highest BCUT2D eigenvalue weighted by molar-refractivity contribution is 5.54. The fraction of sp³-hybridized carbons (Fsp3) is 0.333. The predicted octanol–water partition coefficient (Wildman–Crippen LogP) is 1.39. The van der Waals surface area contributed by atoms with E-state index in [-0.39, 0.29) is 17.4 Å². The van der Waals surface area contributed by atoms with Gasteiger partial charge in [-0.3, -0.25) is 14.5 Å². The Morgan fingerprint density at radius 1 is 1.32 bits per heavy atom. The quantitative estimate of drug-likeness (QED) is 0.559. The number of nitrogens with zero attached hydrogens (tertiary/aromatic N) is 7. The van der Waals surface area contributed by atoms with Crippen LogP contribution in [0.3, 0.4) is 0 Å². The highest BCUT2D eigenvalue weighted by atomic mass is 16.6. The van der Waals surface area contributed by atoms with E-state index in [1.165, 1.54) is 0 Å². The van der Waals surface area contributed by atoms with E-state index in [0.717, 1.165) is 37.1 Å². The normalized spacial score (nSPS) is 17.8. The van der Waals surface area contributed by atoms with Gasteiger partial charge in [0.05, 0.1) is 4.92 Å². The molecule has 0 bridgehead atoms. The highest BCUT2D eigenvalue weighted by Crippen LogP contribution is 2.29. The third-order valence-corrected chi connectivity index (χ3v) is 4.39. The van der Waals surface area contributed by atoms with Crippen LogP contribution in [0.25, 0.3) is 5.65 Å². The minimum Gasteiger partial charge on any atom is -0.378 e. The molecule has 0 aliphatic carbocycles. The summed E-state index contributed by atoms with van der Waals surface area (Å²) in [4.78, 5) is 20.5. The molecule has 0 amide bonds. The molecule has 1 fully saturated rings. The van der Waals surface area contributed by atoms with Crippen LogP contribution >= 0.6 is 0 Å². The van der Waals surface area contributed by atoms with E-state index in [1.807, 2.05) is 33.7 Å². The van der Waals surface area contributed by atoms with Crippen molar-refractivity contribution in [3.63, 3.8) is 0 Å². The lowest BCUT2D eigenvalue weighted by Crippen LogP contribution is -2.36. The van der Waals surface area contributed by atoms with E-state index < -0.39 is 4.92 Å². The van der Waals surface area contributed by atoms with Gasteiger partial charge in [-0.2, -0.15) is 4.98 Å². The van der Waals surface area contributed by atoms with E-state index in [2.05, 4.69) is 20.2 Å². The topological polar surface area (TPSA) is 128 Å². The van der Waals surface area contributed by atoms with Crippen LogP contribution in [0, 0.1) is 10.1 Å². The molecular weight excluding hydrogens is 324 g/mol. The molecule has 0 radical (unpaired) electrons. The Morgan fingerprint density at radius 3 is 3.00 bits per heavy atom. The van der Waals surface area contributed by atoms with Gasteiger partial charge in [0.15, 0.2) is 5.65 Å². The van der Waals surface area contributed by atoms with Gasteiger partial charge >= 0.3 is 5.69 Å². The molecule has 1 aliphatic rings. The number of anilines is 2. The van der Waals surface area contributed by atoms with Gasteiger partial charge in [0.1, 0.15) is 12.0 Å². The van der Waals surface area contributed by atoms with Crippen molar-refractivity contribution in [3.05, 3.63) is 46.5 Å². The van der Waals surface area contributed by atoms with E-state index in [4.69, 9.17) is 5.73 Å². The molecule has 1 aliphatic heterocycles. The van der Waals surface area contributed by atoms with Crippen LogP contribution in [0.1, 0.15) is 24.6 Å². The lowest BCUT2D eigenvalue weighted by molar-refractivity contribution is -0.384. The lowest BCUT2D eigenvalue weighted by atomic mass is 9.97. The van der Waals surface area contributed by atoms with Crippen molar-refractivity contribution >= 4 is 23.1 Å². The Kier molecular flexibility index (Phi) is 3.64. The highest BCUT2D eigenvalue weighted by Gasteiger charge is 2.27. The Bertz CT molecular complexity index is 940. The van der Waals surface area contributed by atoms with E-state index >= 15 is 0 Å². The summed E-state index contributed by atoms with van der Waals surface area (Å²) >= 11 is 0. The summed E-state index contributed by atoms with van der Waals surface area (Å²) in [5, 5.41) is 19.4. The number of nitro groups is 1. The lowest BCUT2D eigenvalue weighted by Gasteiger charge is -2.31. The molecule has 4 rings (SSSR count). The number of fused-ring (bicyclic) bond motifs is 1. The summed E-state index contributed by atoms with van der Waals surface area (Å²) in [5.41, 5.74) is 6.22. The Balaban J connectivity index is 1.61. The second-order valence-corrected chi connectivity index (χ2v) is 5.97. The summed E-state index contributed by atoms with van der Waals surface area (Å²) in [6.07, 6.45) is 5.03. The maximum Gasteiger partial charge on any atom is 0.329 e. The van der Waals surface area contributed by atoms with Crippen LogP contribution in [0.4, 0.5) is 17.5 Å². The van der Waals surface area contributed by atoms with Crippen molar-refractivity contribution < 1.29 is 4.92 Å². The molecule has 1 unspecified atom stereocenters. The van der Waals surface area contributed by atoms with E-state index in [0.29, 0.717) is 12.5 Å². The van der Waals surface area contributed by atoms with Gasteiger partial charge in [0.2, 0.25) is 11.8 Å². The van der Waals surface area contributed by atoms with Crippen molar-refractivity contribution in [1.29, 1.82) is 0 Å². The molecule has 128 valence electrons. The molecule has 3 aromatic heterocycles. The number of rotatable bonds is 3. The van der Waals surface area contributed by atoms with Crippen LogP contribution in [0.2, 0.25) is 0 Å². The van der Waals surface area contributed by atoms with Crippen LogP contribution in [-0.4, -0.2) is 42.6 Å². The monoisotopic (exact) mass is 340 g/mol. The maximum atomic E-state index is 10.9. The summed E-state index contributed by atoms with van der Waals surface area (Å²) in [6.45, 7) is 1.43. The van der Waals surface area contributed by atoms with Crippen molar-refractivity contribution in [1.82, 2.24) is 24.6 Å². The van der Waals surface area contributed by atoms with Gasteiger partial charge in [-0.05, 0) is 25.0 Å². The molecule has 0 saturated carbocycles. The zero-order valence-corrected chi connectivity index (χ0v) is 13.3. The van der Waals surface area contributed by atoms with Gasteiger partial charge in [0, 0.05) is 25.2 Å². The summed E-state index contributed by atoms with van der Waals surface area (Å²) in [6, 6.07) is 5.78. The number of piperidine rings is 1. The summed E-state index contributed by atoms with van der Waals surface area (Å²) in [5.74, 6) is 1.35. The van der Waals surface area contributed by atoms with Crippen molar-refractivity contribution in [2.45, 2.75) is 18.8 Å². The molecule has 4 heterocycles. The molecule has 1 saturated heterocycles. The number of nitrogen functional groups attached to an aromatic ring is 1. The molecule has 3 aromatic rings. The fourth-order valence-corrected chi connectivity index (χ4v) is 3.18. The van der Waals surface area contributed by atoms with E-state index in [1.54, 1.807) is 0 Å². The third kappa shape index (κ3) is 2.71. The Labute approximate surface area is 142 Å². The van der Waals surface area contributed by atoms with Crippen LogP contribution < -0.4 is 10.6 Å². The maximum absolute atomic E-state index is 10.9. The zero-order valence-electron chi connectivity index (χ0n) is 13.3. The molecule has 10 heteroatoms. The largest absolute Gasteiger partial charge is 0.378 e. The minimum atomic E-state index is -0.583. The Morgan fingerprint density at radius 2 is 2.20 bits per heavy atom. The molecule has 2 N–H and O–H groups in total. The number of pyridine rings is 1. The van der Waals surface area contributed by atoms with Gasteiger partial charge in [-0.1, -0.05) is 6.07 Å². The third-order valence-electron chi connectivity index (χ3n) is 4.39. The average molecular weight is 340 g/mol. The first-order chi connectivity index (χ1) is 12.1. The van der Waals surface area contributed by atoms with Crippen LogP contribution in [0.15, 0.2) is 30.6 Å². The smallest absolute Gasteiger partial charge is 0.329 e. The predicted molar refractivity (Wildman–Crippen MR) is 90.3 cm³/mol. The number of aromatic nitrogens is 5. The molecule has 0 aromatic carbocycles. The minimum absolute atomic E-state index is 0.120. The molecule has 0 spiro atoms. The number of hydrogen-bond acceptors (Lipinski definition) is 8. The SMILES string of the molecule is Nc1nc(N2CCCC(c3nnc4ccccn34)C2)ncc1[N+](=O)[O-]. The van der Waals surface area contributed by atoms with Crippen LogP contribution in [0.5, 0.6) is 0 Å². The number of nitrogens with two attached hydrogens (primary N) is 1. The molecular formula is C15H16N8O2. The fourth-order valence-electron chi connectivity index (χ4n) is 3.18. The van der Waals surface area contributed by atoms with Crippen molar-refractivity contribution in [3.8, 4) is 0 Å².